The van der Waals surface area contributed by atoms with Gasteiger partial charge in [-0.2, -0.15) is 0 Å². The van der Waals surface area contributed by atoms with Crippen LogP contribution in [0.1, 0.15) is 5.56 Å². The fraction of sp³-hybridized carbons (Fsp3) is 0.188. The molecule has 3 rings (SSSR count). The Balaban J connectivity index is 1.66. The Hall–Kier alpha value is -3.09. The highest BCUT2D eigenvalue weighted by Gasteiger charge is 2.04. The smallest absolute Gasteiger partial charge is 0.161 e. The Kier molecular flexibility index (Phi) is 4.37. The largest absolute Gasteiger partial charge is 0.493 e. The minimum Gasteiger partial charge on any atom is -0.493 e. The summed E-state index contributed by atoms with van der Waals surface area (Å²) in [6.45, 7) is 0.685. The van der Waals surface area contributed by atoms with Gasteiger partial charge in [0, 0.05) is 12.2 Å². The van der Waals surface area contributed by atoms with Crippen LogP contribution in [0.3, 0.4) is 0 Å². The van der Waals surface area contributed by atoms with Crippen molar-refractivity contribution in [1.29, 1.82) is 0 Å². The zero-order valence-electron chi connectivity index (χ0n) is 12.9. The normalized spacial score (nSPS) is 10.3. The topological polar surface area (TPSA) is 74.1 Å². The molecule has 0 aliphatic carbocycles. The molecule has 0 aliphatic heterocycles. The number of hydrogen-bond acceptors (Lipinski definition) is 6. The molecular weight excluding hydrogens is 294 g/mol. The van der Waals surface area contributed by atoms with Crippen LogP contribution in [0.25, 0.3) is 5.69 Å². The molecule has 1 heterocycles. The quantitative estimate of drug-likeness (QED) is 0.753. The minimum absolute atomic E-state index is 0.685. The second-order valence-electron chi connectivity index (χ2n) is 4.84. The number of hydrogen-bond donors (Lipinski definition) is 1. The van der Waals surface area contributed by atoms with Crippen LogP contribution in [0.15, 0.2) is 48.8 Å². The third-order valence-electron chi connectivity index (χ3n) is 3.43. The van der Waals surface area contributed by atoms with Crippen molar-refractivity contribution >= 4 is 5.69 Å². The van der Waals surface area contributed by atoms with Gasteiger partial charge in [0.1, 0.15) is 6.33 Å². The van der Waals surface area contributed by atoms with Crippen LogP contribution in [-0.4, -0.2) is 34.4 Å². The molecule has 7 heteroatoms. The van der Waals surface area contributed by atoms with Crippen molar-refractivity contribution in [1.82, 2.24) is 20.2 Å². The van der Waals surface area contributed by atoms with Crippen LogP contribution in [0, 0.1) is 0 Å². The van der Waals surface area contributed by atoms with E-state index in [0.717, 1.165) is 28.4 Å². The van der Waals surface area contributed by atoms with Crippen LogP contribution >= 0.6 is 0 Å². The van der Waals surface area contributed by atoms with Crippen LogP contribution in [0.2, 0.25) is 0 Å². The molecule has 1 aromatic heterocycles. The van der Waals surface area contributed by atoms with Crippen molar-refractivity contribution in [3.8, 4) is 17.2 Å². The maximum absolute atomic E-state index is 5.31. The lowest BCUT2D eigenvalue weighted by molar-refractivity contribution is 0.354. The van der Waals surface area contributed by atoms with Crippen molar-refractivity contribution in [2.75, 3.05) is 19.5 Å². The molecule has 0 atom stereocenters. The van der Waals surface area contributed by atoms with Gasteiger partial charge in [-0.1, -0.05) is 6.07 Å². The minimum atomic E-state index is 0.685. The third-order valence-corrected chi connectivity index (χ3v) is 3.43. The molecule has 0 spiro atoms. The van der Waals surface area contributed by atoms with Gasteiger partial charge in [0.25, 0.3) is 0 Å². The van der Waals surface area contributed by atoms with E-state index in [1.54, 1.807) is 25.2 Å². The second-order valence-corrected chi connectivity index (χ2v) is 4.84. The molecule has 0 unspecified atom stereocenters. The Bertz CT molecular complexity index is 757. The molecule has 23 heavy (non-hydrogen) atoms. The number of methoxy groups -OCH3 is 2. The van der Waals surface area contributed by atoms with Crippen molar-refractivity contribution < 1.29 is 9.47 Å². The number of ether oxygens (including phenoxy) is 2. The lowest BCUT2D eigenvalue weighted by atomic mass is 10.2. The highest BCUT2D eigenvalue weighted by molar-refractivity contribution is 5.49. The monoisotopic (exact) mass is 311 g/mol. The molecule has 0 amide bonds. The number of nitrogens with zero attached hydrogens (tertiary/aromatic N) is 4. The summed E-state index contributed by atoms with van der Waals surface area (Å²) < 4.78 is 12.2. The lowest BCUT2D eigenvalue weighted by Gasteiger charge is -2.11. The highest BCUT2D eigenvalue weighted by Crippen LogP contribution is 2.27. The van der Waals surface area contributed by atoms with E-state index in [1.165, 1.54) is 0 Å². The Labute approximate surface area is 133 Å². The SMILES string of the molecule is COc1ccc(CNc2ccc(-n3cnnn3)cc2)cc1OC. The van der Waals surface area contributed by atoms with Gasteiger partial charge < -0.3 is 14.8 Å². The van der Waals surface area contributed by atoms with E-state index in [1.807, 2.05) is 42.5 Å². The van der Waals surface area contributed by atoms with Gasteiger partial charge in [-0.05, 0) is 52.4 Å². The van der Waals surface area contributed by atoms with Crippen molar-refractivity contribution in [3.63, 3.8) is 0 Å². The van der Waals surface area contributed by atoms with E-state index in [-0.39, 0.29) is 0 Å². The molecule has 7 nitrogen and oxygen atoms in total. The standard InChI is InChI=1S/C16H17N5O2/c1-22-15-8-3-12(9-16(15)23-2)10-17-13-4-6-14(7-5-13)21-11-18-19-20-21/h3-9,11,17H,10H2,1-2H3. The van der Waals surface area contributed by atoms with Crippen molar-refractivity contribution in [3.05, 3.63) is 54.4 Å². The number of nitrogens with one attached hydrogen (secondary N) is 1. The first-order valence-electron chi connectivity index (χ1n) is 7.08. The predicted molar refractivity (Wildman–Crippen MR) is 86.0 cm³/mol. The first-order chi connectivity index (χ1) is 11.3. The van der Waals surface area contributed by atoms with Crippen LogP contribution < -0.4 is 14.8 Å². The molecule has 2 aromatic carbocycles. The molecule has 3 aromatic rings. The van der Waals surface area contributed by atoms with E-state index in [4.69, 9.17) is 9.47 Å². The first-order valence-corrected chi connectivity index (χ1v) is 7.08. The molecule has 0 fully saturated rings. The van der Waals surface area contributed by atoms with Gasteiger partial charge in [-0.15, -0.1) is 5.10 Å². The summed E-state index contributed by atoms with van der Waals surface area (Å²) in [5.41, 5.74) is 3.02. The maximum atomic E-state index is 5.31. The van der Waals surface area contributed by atoms with Gasteiger partial charge in [0.15, 0.2) is 11.5 Å². The van der Waals surface area contributed by atoms with Gasteiger partial charge >= 0.3 is 0 Å². The fourth-order valence-electron chi connectivity index (χ4n) is 2.21. The Morgan fingerprint density at radius 3 is 2.43 bits per heavy atom. The van der Waals surface area contributed by atoms with E-state index >= 15 is 0 Å². The first kappa shape index (κ1) is 14.8. The van der Waals surface area contributed by atoms with Gasteiger partial charge in [-0.25, -0.2) is 4.68 Å². The average molecular weight is 311 g/mol. The zero-order chi connectivity index (χ0) is 16.1. The molecule has 118 valence electrons. The van der Waals surface area contributed by atoms with Crippen molar-refractivity contribution in [2.24, 2.45) is 0 Å². The highest BCUT2D eigenvalue weighted by atomic mass is 16.5. The summed E-state index contributed by atoms with van der Waals surface area (Å²) in [4.78, 5) is 0. The van der Waals surface area contributed by atoms with Crippen LogP contribution in [0.4, 0.5) is 5.69 Å². The molecule has 0 radical (unpaired) electrons. The fourth-order valence-corrected chi connectivity index (χ4v) is 2.21. The summed E-state index contributed by atoms with van der Waals surface area (Å²) in [5, 5.41) is 14.5. The Morgan fingerprint density at radius 2 is 1.78 bits per heavy atom. The molecular formula is C16H17N5O2. The number of benzene rings is 2. The number of tetrazole rings is 1. The third kappa shape index (κ3) is 3.39. The van der Waals surface area contributed by atoms with E-state index < -0.39 is 0 Å². The average Bonchev–Trinajstić information content (AvgIpc) is 3.14. The summed E-state index contributed by atoms with van der Waals surface area (Å²) in [6, 6.07) is 13.7. The molecule has 1 N–H and O–H groups in total. The number of aromatic nitrogens is 4. The molecule has 0 saturated heterocycles. The molecule has 0 bridgehead atoms. The summed E-state index contributed by atoms with van der Waals surface area (Å²) >= 11 is 0. The summed E-state index contributed by atoms with van der Waals surface area (Å²) in [6.07, 6.45) is 1.56. The number of anilines is 1. The second kappa shape index (κ2) is 6.78. The lowest BCUT2D eigenvalue weighted by Crippen LogP contribution is -2.01. The molecule has 0 saturated carbocycles. The van der Waals surface area contributed by atoms with Gasteiger partial charge in [0.2, 0.25) is 0 Å². The van der Waals surface area contributed by atoms with E-state index in [0.29, 0.717) is 6.54 Å². The zero-order valence-corrected chi connectivity index (χ0v) is 12.9. The van der Waals surface area contributed by atoms with Crippen LogP contribution in [-0.2, 0) is 6.54 Å². The van der Waals surface area contributed by atoms with Gasteiger partial charge in [0.05, 0.1) is 19.9 Å². The summed E-state index contributed by atoms with van der Waals surface area (Å²) in [5.74, 6) is 1.45. The molecule has 0 aliphatic rings. The number of rotatable bonds is 6. The van der Waals surface area contributed by atoms with Crippen LogP contribution in [0.5, 0.6) is 11.5 Å². The van der Waals surface area contributed by atoms with E-state index in [2.05, 4.69) is 20.8 Å². The maximum Gasteiger partial charge on any atom is 0.161 e. The Morgan fingerprint density at radius 1 is 1.00 bits per heavy atom. The van der Waals surface area contributed by atoms with Gasteiger partial charge in [-0.3, -0.25) is 0 Å². The summed E-state index contributed by atoms with van der Waals surface area (Å²) in [7, 11) is 3.26. The van der Waals surface area contributed by atoms with E-state index in [9.17, 15) is 0 Å². The van der Waals surface area contributed by atoms with Crippen molar-refractivity contribution in [2.45, 2.75) is 6.54 Å². The predicted octanol–water partition coefficient (Wildman–Crippen LogP) is 2.29.